The summed E-state index contributed by atoms with van der Waals surface area (Å²) in [6, 6.07) is 28.0. The topological polar surface area (TPSA) is 86.9 Å². The molecule has 35 heavy (non-hydrogen) atoms. The van der Waals surface area contributed by atoms with Gasteiger partial charge in [0, 0.05) is 28.1 Å². The number of aryl methyl sites for hydroxylation is 2. The molecule has 0 aliphatic carbocycles. The molecule has 0 bridgehead atoms. The second kappa shape index (κ2) is 9.27. The molecule has 6 heteroatoms. The van der Waals surface area contributed by atoms with Crippen LogP contribution >= 0.6 is 0 Å². The van der Waals surface area contributed by atoms with Crippen LogP contribution in [0.3, 0.4) is 0 Å². The number of nitrogens with zero attached hydrogens (tertiary/aromatic N) is 1. The summed E-state index contributed by atoms with van der Waals surface area (Å²) >= 11 is 0. The summed E-state index contributed by atoms with van der Waals surface area (Å²) in [4.78, 5) is 33.2. The zero-order valence-electron chi connectivity index (χ0n) is 19.4. The van der Waals surface area contributed by atoms with Gasteiger partial charge in [-0.15, -0.1) is 0 Å². The monoisotopic (exact) mass is 460 g/mol. The van der Waals surface area contributed by atoms with Crippen LogP contribution < -0.4 is 10.6 Å². The van der Waals surface area contributed by atoms with Crippen molar-refractivity contribution in [1.82, 2.24) is 9.97 Å². The molecule has 1 aromatic heterocycles. The summed E-state index contributed by atoms with van der Waals surface area (Å²) in [6.07, 6.45) is 0. The zero-order valence-corrected chi connectivity index (χ0v) is 19.4. The number of H-pyrrole nitrogens is 1. The number of aromatic nitrogens is 2. The number of nitrogens with one attached hydrogen (secondary N) is 3. The lowest BCUT2D eigenvalue weighted by molar-refractivity contribution is 0.101. The van der Waals surface area contributed by atoms with E-state index in [0.717, 1.165) is 33.6 Å². The Bertz CT molecular complexity index is 1520. The van der Waals surface area contributed by atoms with Crippen molar-refractivity contribution in [3.8, 4) is 11.4 Å². The first kappa shape index (κ1) is 22.1. The number of benzene rings is 4. The first-order valence-corrected chi connectivity index (χ1v) is 11.3. The van der Waals surface area contributed by atoms with Crippen LogP contribution in [0.4, 0.5) is 11.4 Å². The van der Waals surface area contributed by atoms with Crippen molar-refractivity contribution in [3.05, 3.63) is 113 Å². The van der Waals surface area contributed by atoms with Crippen LogP contribution in [-0.4, -0.2) is 21.8 Å². The van der Waals surface area contributed by atoms with Crippen LogP contribution in [0.15, 0.2) is 91.0 Å². The van der Waals surface area contributed by atoms with E-state index in [2.05, 4.69) is 20.6 Å². The molecule has 0 atom stereocenters. The van der Waals surface area contributed by atoms with Crippen LogP contribution in [0.5, 0.6) is 0 Å². The first-order chi connectivity index (χ1) is 16.9. The maximum absolute atomic E-state index is 12.7. The third-order valence-corrected chi connectivity index (χ3v) is 5.78. The summed E-state index contributed by atoms with van der Waals surface area (Å²) in [5.41, 5.74) is 7.22. The maximum atomic E-state index is 12.7. The molecule has 4 aromatic carbocycles. The summed E-state index contributed by atoms with van der Waals surface area (Å²) in [7, 11) is 0. The highest BCUT2D eigenvalue weighted by Crippen LogP contribution is 2.23. The standard InChI is InChI=1S/C29H24N4O2/c1-18-3-12-23(13-4-18)30-28(34)21-9-7-20(8-10-21)27-32-25-16-11-22(17-26(25)33-27)29(35)31-24-14-5-19(2)6-15-24/h3-17H,1-2H3,(H,30,34)(H,31,35)(H,32,33). The molecule has 6 nitrogen and oxygen atoms in total. The maximum Gasteiger partial charge on any atom is 0.255 e. The van der Waals surface area contributed by atoms with Crippen molar-refractivity contribution in [2.75, 3.05) is 10.6 Å². The molecule has 3 N–H and O–H groups in total. The van der Waals surface area contributed by atoms with Crippen LogP contribution in [0.1, 0.15) is 31.8 Å². The molecule has 0 aliphatic rings. The van der Waals surface area contributed by atoms with Gasteiger partial charge in [0.1, 0.15) is 5.82 Å². The van der Waals surface area contributed by atoms with Crippen molar-refractivity contribution in [3.63, 3.8) is 0 Å². The van der Waals surface area contributed by atoms with Gasteiger partial charge in [0.25, 0.3) is 11.8 Å². The fourth-order valence-electron chi connectivity index (χ4n) is 3.74. The summed E-state index contributed by atoms with van der Waals surface area (Å²) in [6.45, 7) is 4.01. The van der Waals surface area contributed by atoms with E-state index >= 15 is 0 Å². The fourth-order valence-corrected chi connectivity index (χ4v) is 3.74. The third kappa shape index (κ3) is 4.96. The number of hydrogen-bond donors (Lipinski definition) is 3. The van der Waals surface area contributed by atoms with E-state index in [1.54, 1.807) is 24.3 Å². The minimum Gasteiger partial charge on any atom is -0.338 e. The number of hydrogen-bond acceptors (Lipinski definition) is 3. The Hall–Kier alpha value is -4.71. The Morgan fingerprint density at radius 1 is 0.657 bits per heavy atom. The number of anilines is 2. The second-order valence-electron chi connectivity index (χ2n) is 8.53. The van der Waals surface area contributed by atoms with E-state index < -0.39 is 0 Å². The van der Waals surface area contributed by atoms with Crippen LogP contribution in [0, 0.1) is 13.8 Å². The summed E-state index contributed by atoms with van der Waals surface area (Å²) in [5, 5.41) is 5.81. The van der Waals surface area contributed by atoms with Crippen LogP contribution in [0.25, 0.3) is 22.4 Å². The van der Waals surface area contributed by atoms with Gasteiger partial charge in [-0.05, 0) is 68.4 Å². The van der Waals surface area contributed by atoms with Gasteiger partial charge in [0.05, 0.1) is 11.0 Å². The van der Waals surface area contributed by atoms with Gasteiger partial charge in [0.15, 0.2) is 0 Å². The van der Waals surface area contributed by atoms with E-state index in [9.17, 15) is 9.59 Å². The quantitative estimate of drug-likeness (QED) is 0.286. The Balaban J connectivity index is 1.31. The van der Waals surface area contributed by atoms with Crippen LogP contribution in [-0.2, 0) is 0 Å². The molecule has 5 aromatic rings. The molecule has 5 rings (SSSR count). The predicted molar refractivity (Wildman–Crippen MR) is 140 cm³/mol. The van der Waals surface area contributed by atoms with Gasteiger partial charge in [0.2, 0.25) is 0 Å². The summed E-state index contributed by atoms with van der Waals surface area (Å²) in [5.74, 6) is 0.306. The van der Waals surface area contributed by atoms with E-state index in [4.69, 9.17) is 0 Å². The van der Waals surface area contributed by atoms with E-state index in [1.807, 2.05) is 80.6 Å². The van der Waals surface area contributed by atoms with Gasteiger partial charge in [-0.25, -0.2) is 4.98 Å². The van der Waals surface area contributed by atoms with Crippen molar-refractivity contribution in [2.24, 2.45) is 0 Å². The number of carbonyl (C=O) groups is 2. The van der Waals surface area contributed by atoms with Gasteiger partial charge < -0.3 is 15.6 Å². The fraction of sp³-hybridized carbons (Fsp3) is 0.0690. The molecular formula is C29H24N4O2. The van der Waals surface area contributed by atoms with E-state index in [-0.39, 0.29) is 11.8 Å². The largest absolute Gasteiger partial charge is 0.338 e. The number of aromatic amines is 1. The minimum atomic E-state index is -0.191. The predicted octanol–water partition coefficient (Wildman–Crippen LogP) is 6.35. The normalized spacial score (nSPS) is 10.8. The van der Waals surface area contributed by atoms with Crippen molar-refractivity contribution in [1.29, 1.82) is 0 Å². The van der Waals surface area contributed by atoms with Crippen molar-refractivity contribution < 1.29 is 9.59 Å². The van der Waals surface area contributed by atoms with Gasteiger partial charge in [-0.2, -0.15) is 0 Å². The highest BCUT2D eigenvalue weighted by atomic mass is 16.2. The Labute approximate surface area is 203 Å². The van der Waals surface area contributed by atoms with Crippen LogP contribution in [0.2, 0.25) is 0 Å². The Kier molecular flexibility index (Phi) is 5.85. The minimum absolute atomic E-state index is 0.172. The SMILES string of the molecule is Cc1ccc(NC(=O)c2ccc(-c3nc4cc(C(=O)Nc5ccc(C)cc5)ccc4[nH]3)cc2)cc1. The summed E-state index contributed by atoms with van der Waals surface area (Å²) < 4.78 is 0. The molecule has 2 amide bonds. The highest BCUT2D eigenvalue weighted by molar-refractivity contribution is 6.06. The number of amides is 2. The molecule has 0 radical (unpaired) electrons. The molecule has 0 saturated heterocycles. The smallest absolute Gasteiger partial charge is 0.255 e. The van der Waals surface area contributed by atoms with Gasteiger partial charge in [-0.3, -0.25) is 9.59 Å². The zero-order chi connectivity index (χ0) is 24.4. The number of fused-ring (bicyclic) bond motifs is 1. The molecule has 0 spiro atoms. The van der Waals surface area contributed by atoms with E-state index in [1.165, 1.54) is 0 Å². The lowest BCUT2D eigenvalue weighted by Gasteiger charge is -2.06. The Morgan fingerprint density at radius 3 is 1.74 bits per heavy atom. The molecule has 0 aliphatic heterocycles. The van der Waals surface area contributed by atoms with Crippen molar-refractivity contribution >= 4 is 34.2 Å². The third-order valence-electron chi connectivity index (χ3n) is 5.78. The first-order valence-electron chi connectivity index (χ1n) is 11.3. The molecule has 1 heterocycles. The molecule has 172 valence electrons. The van der Waals surface area contributed by atoms with Gasteiger partial charge in [-0.1, -0.05) is 47.5 Å². The number of carbonyl (C=O) groups excluding carboxylic acids is 2. The highest BCUT2D eigenvalue weighted by Gasteiger charge is 2.12. The molecule has 0 saturated carbocycles. The number of imidazole rings is 1. The average Bonchev–Trinajstić information content (AvgIpc) is 3.30. The van der Waals surface area contributed by atoms with E-state index in [0.29, 0.717) is 22.5 Å². The lowest BCUT2D eigenvalue weighted by atomic mass is 10.1. The van der Waals surface area contributed by atoms with Gasteiger partial charge >= 0.3 is 0 Å². The molecule has 0 fully saturated rings. The second-order valence-corrected chi connectivity index (χ2v) is 8.53. The molecule has 0 unspecified atom stereocenters. The average molecular weight is 461 g/mol. The van der Waals surface area contributed by atoms with Crippen molar-refractivity contribution in [2.45, 2.75) is 13.8 Å². The lowest BCUT2D eigenvalue weighted by Crippen LogP contribution is -2.11. The number of rotatable bonds is 5. The Morgan fingerprint density at radius 2 is 1.17 bits per heavy atom. The molecular weight excluding hydrogens is 436 g/mol.